The molecule has 0 saturated heterocycles. The summed E-state index contributed by atoms with van der Waals surface area (Å²) >= 11 is 0. The summed E-state index contributed by atoms with van der Waals surface area (Å²) in [5.41, 5.74) is -0.152. The largest absolute Gasteiger partial charge is 0.416 e. The predicted molar refractivity (Wildman–Crippen MR) is 179 cm³/mol. The molecule has 0 atom stereocenters. The van der Waals surface area contributed by atoms with Gasteiger partial charge in [0.2, 0.25) is 5.91 Å². The molecule has 258 valence electrons. The van der Waals surface area contributed by atoms with Crippen LogP contribution in [-0.2, 0) is 11.0 Å². The smallest absolute Gasteiger partial charge is 0.340 e. The molecule has 5 rings (SSSR count). The lowest BCUT2D eigenvalue weighted by atomic mass is 9.85. The van der Waals surface area contributed by atoms with Crippen LogP contribution in [0, 0.1) is 19.4 Å². The van der Waals surface area contributed by atoms with Gasteiger partial charge in [-0.1, -0.05) is 18.2 Å². The van der Waals surface area contributed by atoms with Crippen molar-refractivity contribution in [3.63, 3.8) is 0 Å². The Morgan fingerprint density at radius 1 is 1.04 bits per heavy atom. The molecule has 1 aliphatic rings. The number of imidazole rings is 1. The monoisotopic (exact) mass is 677 g/mol. The Balaban J connectivity index is 1.48. The van der Waals surface area contributed by atoms with Crippen molar-refractivity contribution < 1.29 is 27.2 Å². The normalized spacial score (nSPS) is 16.6. The topological polar surface area (TPSA) is 98.5 Å². The maximum atomic E-state index is 14.1. The Morgan fingerprint density at radius 2 is 1.71 bits per heavy atom. The van der Waals surface area contributed by atoms with Crippen LogP contribution >= 0.6 is 0 Å². The first-order valence-electron chi connectivity index (χ1n) is 16.0. The van der Waals surface area contributed by atoms with Gasteiger partial charge in [-0.05, 0) is 69.0 Å². The van der Waals surface area contributed by atoms with E-state index in [2.05, 4.69) is 36.4 Å². The summed E-state index contributed by atoms with van der Waals surface area (Å²) in [5, 5.41) is 7.35. The number of carbonyl (C=O) groups excluding carboxylic acids is 2. The molecule has 11 nitrogen and oxygen atoms in total. The van der Waals surface area contributed by atoms with E-state index in [4.69, 9.17) is 6.57 Å². The molecule has 4 aromatic rings. The van der Waals surface area contributed by atoms with Crippen molar-refractivity contribution in [2.45, 2.75) is 44.8 Å². The summed E-state index contributed by atoms with van der Waals surface area (Å²) in [6, 6.07) is 11.5. The molecule has 0 radical (unpaired) electrons. The van der Waals surface area contributed by atoms with E-state index >= 15 is 0 Å². The summed E-state index contributed by atoms with van der Waals surface area (Å²) in [5.74, 6) is -0.0973. The molecule has 49 heavy (non-hydrogen) atoms. The number of hydrogen-bond acceptors (Lipinski definition) is 4. The number of rotatable bonds is 8. The SMILES string of the molecule is [C-]#[N+]c1ccc(-n2nccc2-c2c(C)n(-c3cccc(C(F)(F)F)c3)c(=O)n2C(=O)NC2CCC(C(=O)N(C)CC[N+](C)(C)C)CC2)cc1. The molecule has 1 fully saturated rings. The number of carbonyl (C=O) groups is 2. The third-order valence-corrected chi connectivity index (χ3v) is 8.91. The van der Waals surface area contributed by atoms with Crippen molar-refractivity contribution in [3.05, 3.63) is 94.0 Å². The Hall–Kier alpha value is -5.16. The number of benzene rings is 2. The zero-order valence-electron chi connectivity index (χ0n) is 28.2. The molecule has 2 aromatic heterocycles. The Morgan fingerprint density at radius 3 is 2.33 bits per heavy atom. The highest BCUT2D eigenvalue weighted by molar-refractivity contribution is 5.84. The highest BCUT2D eigenvalue weighted by Crippen LogP contribution is 2.32. The summed E-state index contributed by atoms with van der Waals surface area (Å²) in [6.45, 7) is 10.3. The predicted octanol–water partition coefficient (Wildman–Crippen LogP) is 5.65. The average Bonchev–Trinajstić information content (AvgIpc) is 3.64. The molecule has 1 aliphatic carbocycles. The van der Waals surface area contributed by atoms with Gasteiger partial charge in [-0.3, -0.25) is 9.36 Å². The van der Waals surface area contributed by atoms with Crippen LogP contribution in [0.4, 0.5) is 23.7 Å². The van der Waals surface area contributed by atoms with Crippen LogP contribution in [0.5, 0.6) is 0 Å². The standard InChI is InChI=1S/C35H39F3N8O3/c1-23-31(30-18-19-40-45(30)28-16-14-26(39-2)15-17-28)44(34(49)43(23)29-9-7-8-25(22-29)35(36,37)38)33(48)41-27-12-10-24(11-13-27)32(47)42(3)20-21-46(4,5)6/h7-9,14-19,22,24,27H,10-13,20-21H2,1,3-6H3/p+1. The van der Waals surface area contributed by atoms with Gasteiger partial charge < -0.3 is 14.7 Å². The van der Waals surface area contributed by atoms with Crippen molar-refractivity contribution in [2.24, 2.45) is 5.92 Å². The highest BCUT2D eigenvalue weighted by atomic mass is 19.4. The van der Waals surface area contributed by atoms with Crippen molar-refractivity contribution in [1.82, 2.24) is 29.1 Å². The second-order valence-electron chi connectivity index (χ2n) is 13.5. The molecule has 0 spiro atoms. The lowest BCUT2D eigenvalue weighted by molar-refractivity contribution is -0.869. The second-order valence-corrected chi connectivity index (χ2v) is 13.5. The van der Waals surface area contributed by atoms with E-state index in [1.54, 1.807) is 49.2 Å². The number of quaternary nitrogens is 1. The van der Waals surface area contributed by atoms with Crippen molar-refractivity contribution >= 4 is 17.6 Å². The van der Waals surface area contributed by atoms with Gasteiger partial charge in [0.25, 0.3) is 0 Å². The quantitative estimate of drug-likeness (QED) is 0.193. The van der Waals surface area contributed by atoms with E-state index in [1.807, 2.05) is 0 Å². The molecule has 2 amide bonds. The average molecular weight is 678 g/mol. The Bertz CT molecular complexity index is 1940. The van der Waals surface area contributed by atoms with Crippen molar-refractivity contribution in [3.8, 4) is 22.8 Å². The van der Waals surface area contributed by atoms with Crippen LogP contribution in [0.2, 0.25) is 0 Å². The first kappa shape index (κ1) is 35.2. The minimum absolute atomic E-state index is 0.0500. The van der Waals surface area contributed by atoms with Gasteiger partial charge in [-0.25, -0.2) is 23.7 Å². The molecule has 2 aromatic carbocycles. The molecular weight excluding hydrogens is 637 g/mol. The molecule has 1 N–H and O–H groups in total. The molecule has 1 saturated carbocycles. The van der Waals surface area contributed by atoms with Crippen LogP contribution < -0.4 is 11.0 Å². The maximum Gasteiger partial charge on any atom is 0.416 e. The van der Waals surface area contributed by atoms with E-state index in [0.29, 0.717) is 49.3 Å². The van der Waals surface area contributed by atoms with Crippen LogP contribution in [0.1, 0.15) is 36.9 Å². The zero-order valence-corrected chi connectivity index (χ0v) is 28.2. The van der Waals surface area contributed by atoms with Gasteiger partial charge in [0.05, 0.1) is 75.3 Å². The third kappa shape index (κ3) is 7.62. The van der Waals surface area contributed by atoms with Gasteiger partial charge in [-0.2, -0.15) is 18.3 Å². The van der Waals surface area contributed by atoms with Gasteiger partial charge in [0, 0.05) is 19.0 Å². The minimum Gasteiger partial charge on any atom is -0.340 e. The van der Waals surface area contributed by atoms with Gasteiger partial charge in [-0.15, -0.1) is 0 Å². The molecule has 14 heteroatoms. The number of nitrogens with one attached hydrogen (secondary N) is 1. The fourth-order valence-electron chi connectivity index (χ4n) is 6.17. The van der Waals surface area contributed by atoms with E-state index in [1.165, 1.54) is 23.0 Å². The summed E-state index contributed by atoms with van der Waals surface area (Å²) in [7, 11) is 8.01. The van der Waals surface area contributed by atoms with E-state index in [0.717, 1.165) is 32.3 Å². The lowest BCUT2D eigenvalue weighted by Crippen LogP contribution is -2.46. The molecule has 0 bridgehead atoms. The van der Waals surface area contributed by atoms with E-state index in [9.17, 15) is 27.6 Å². The summed E-state index contributed by atoms with van der Waals surface area (Å²) in [4.78, 5) is 46.4. The number of nitrogens with zero attached hydrogens (tertiary/aromatic N) is 7. The van der Waals surface area contributed by atoms with Gasteiger partial charge >= 0.3 is 17.9 Å². The first-order chi connectivity index (χ1) is 23.1. The van der Waals surface area contributed by atoms with Crippen LogP contribution in [-0.4, -0.2) is 87.6 Å². The molecule has 0 unspecified atom stereocenters. The third-order valence-electron chi connectivity index (χ3n) is 8.91. The van der Waals surface area contributed by atoms with Crippen LogP contribution in [0.15, 0.2) is 65.6 Å². The summed E-state index contributed by atoms with van der Waals surface area (Å²) in [6.07, 6.45) is -0.979. The number of aromatic nitrogens is 4. The molecule has 2 heterocycles. The van der Waals surface area contributed by atoms with E-state index < -0.39 is 23.5 Å². The van der Waals surface area contributed by atoms with Gasteiger partial charge in [0.1, 0.15) is 5.69 Å². The number of alkyl halides is 3. The fourth-order valence-corrected chi connectivity index (χ4v) is 6.17. The first-order valence-corrected chi connectivity index (χ1v) is 16.0. The molecular formula is C35H40F3N8O3+. The molecule has 0 aliphatic heterocycles. The maximum absolute atomic E-state index is 14.1. The zero-order chi connectivity index (χ0) is 35.7. The number of halogens is 3. The lowest BCUT2D eigenvalue weighted by Gasteiger charge is -2.32. The van der Waals surface area contributed by atoms with Gasteiger partial charge in [0.15, 0.2) is 5.69 Å². The number of hydrogen-bond donors (Lipinski definition) is 1. The minimum atomic E-state index is -4.65. The van der Waals surface area contributed by atoms with Crippen molar-refractivity contribution in [1.29, 1.82) is 0 Å². The second kappa shape index (κ2) is 13.8. The van der Waals surface area contributed by atoms with Crippen molar-refractivity contribution in [2.75, 3.05) is 41.3 Å². The Labute approximate surface area is 282 Å². The Kier molecular flexibility index (Phi) is 9.87. The summed E-state index contributed by atoms with van der Waals surface area (Å²) < 4.78 is 45.3. The number of amides is 2. The van der Waals surface area contributed by atoms with Crippen LogP contribution in [0.3, 0.4) is 0 Å². The van der Waals surface area contributed by atoms with E-state index in [-0.39, 0.29) is 34.9 Å². The highest BCUT2D eigenvalue weighted by Gasteiger charge is 2.34. The number of likely N-dealkylation sites (N-methyl/N-ethyl adjacent to an activating group) is 2. The fraction of sp³-hybridized carbons (Fsp3) is 0.400. The van der Waals surface area contributed by atoms with Crippen LogP contribution in [0.25, 0.3) is 27.6 Å².